The minimum atomic E-state index is 0.709. The van der Waals surface area contributed by atoms with E-state index in [1.54, 1.807) is 11.3 Å². The van der Waals surface area contributed by atoms with Crippen LogP contribution in [0.5, 0.6) is 0 Å². The lowest BCUT2D eigenvalue weighted by molar-refractivity contribution is 1.02. The summed E-state index contributed by atoms with van der Waals surface area (Å²) >= 11 is 5.50. The van der Waals surface area contributed by atoms with Crippen LogP contribution in [0.4, 0.5) is 0 Å². The van der Waals surface area contributed by atoms with Gasteiger partial charge in [-0.15, -0.1) is 34.0 Å². The molecule has 0 saturated carbocycles. The van der Waals surface area contributed by atoms with Gasteiger partial charge >= 0.3 is 0 Å². The molecule has 0 N–H and O–H groups in total. The summed E-state index contributed by atoms with van der Waals surface area (Å²) in [6, 6.07) is 46.0. The quantitative estimate of drug-likeness (QED) is 0.188. The molecular formula is C40H21N3S3. The first-order valence-electron chi connectivity index (χ1n) is 15.3. The van der Waals surface area contributed by atoms with E-state index >= 15 is 0 Å². The standard InChI is InChI=1S/C40H21N3S3/c1-5-16-30-22(10-1)25-20-21-27-24-12-3-7-18-32(24)45-38(27)36(25)43(30)40-41-34-28-13-4-8-19-33(28)46-39(34)35(42-40)29-15-9-14-26-23-11-2-6-17-31(23)44-37(26)29/h1-21H. The van der Waals surface area contributed by atoms with E-state index in [1.807, 2.05) is 22.7 Å². The van der Waals surface area contributed by atoms with Gasteiger partial charge in [-0.1, -0.05) is 103 Å². The molecule has 0 unspecified atom stereocenters. The molecule has 0 aliphatic heterocycles. The molecule has 0 saturated heterocycles. The zero-order chi connectivity index (χ0) is 29.9. The molecule has 46 heavy (non-hydrogen) atoms. The second-order valence-corrected chi connectivity index (χ2v) is 14.9. The molecular weight excluding hydrogens is 619 g/mol. The van der Waals surface area contributed by atoms with Gasteiger partial charge in [0.1, 0.15) is 0 Å². The van der Waals surface area contributed by atoms with Gasteiger partial charge in [0, 0.05) is 62.1 Å². The Morgan fingerprint density at radius 2 is 0.978 bits per heavy atom. The lowest BCUT2D eigenvalue weighted by atomic mass is 10.1. The highest BCUT2D eigenvalue weighted by Crippen LogP contribution is 2.46. The minimum absolute atomic E-state index is 0.709. The molecule has 11 aromatic rings. The van der Waals surface area contributed by atoms with Crippen LogP contribution in [0.3, 0.4) is 0 Å². The lowest BCUT2D eigenvalue weighted by Gasteiger charge is -2.11. The Kier molecular flexibility index (Phi) is 5.02. The van der Waals surface area contributed by atoms with Crippen LogP contribution in [0.15, 0.2) is 127 Å². The fourth-order valence-electron chi connectivity index (χ4n) is 7.23. The van der Waals surface area contributed by atoms with Crippen molar-refractivity contribution in [2.45, 2.75) is 0 Å². The van der Waals surface area contributed by atoms with Crippen molar-refractivity contribution in [3.8, 4) is 17.2 Å². The number of benzene rings is 6. The van der Waals surface area contributed by atoms with Gasteiger partial charge in [0.05, 0.1) is 31.6 Å². The normalized spacial score (nSPS) is 12.3. The molecule has 11 rings (SSSR count). The number of rotatable bonds is 2. The maximum absolute atomic E-state index is 5.56. The molecule has 0 aliphatic carbocycles. The molecule has 0 aliphatic rings. The Bertz CT molecular complexity index is 3050. The number of para-hydroxylation sites is 1. The molecule has 5 heterocycles. The first-order valence-corrected chi connectivity index (χ1v) is 17.7. The summed E-state index contributed by atoms with van der Waals surface area (Å²) in [6.45, 7) is 0. The number of thiophene rings is 3. The van der Waals surface area contributed by atoms with E-state index in [0.717, 1.165) is 27.0 Å². The van der Waals surface area contributed by atoms with Gasteiger partial charge in [-0.25, -0.2) is 9.97 Å². The fraction of sp³-hybridized carbons (Fsp3) is 0. The largest absolute Gasteiger partial charge is 0.276 e. The van der Waals surface area contributed by atoms with Crippen LogP contribution in [0.2, 0.25) is 0 Å². The molecule has 3 nitrogen and oxygen atoms in total. The first kappa shape index (κ1) is 25.1. The van der Waals surface area contributed by atoms with E-state index < -0.39 is 0 Å². The fourth-order valence-corrected chi connectivity index (χ4v) is 10.8. The predicted octanol–water partition coefficient (Wildman–Crippen LogP) is 12.3. The van der Waals surface area contributed by atoms with E-state index in [-0.39, 0.29) is 0 Å². The second kappa shape index (κ2) is 9.21. The van der Waals surface area contributed by atoms with Crippen molar-refractivity contribution < 1.29 is 0 Å². The van der Waals surface area contributed by atoms with Crippen LogP contribution < -0.4 is 0 Å². The zero-order valence-electron chi connectivity index (χ0n) is 24.2. The van der Waals surface area contributed by atoms with Crippen molar-refractivity contribution in [1.82, 2.24) is 14.5 Å². The molecule has 5 aromatic heterocycles. The van der Waals surface area contributed by atoms with Gasteiger partial charge in [0.25, 0.3) is 0 Å². The van der Waals surface area contributed by atoms with Crippen molar-refractivity contribution in [2.24, 2.45) is 0 Å². The van der Waals surface area contributed by atoms with Gasteiger partial charge in [0.2, 0.25) is 5.95 Å². The van der Waals surface area contributed by atoms with E-state index in [1.165, 1.54) is 66.7 Å². The van der Waals surface area contributed by atoms with Gasteiger partial charge < -0.3 is 0 Å². The Hall–Kier alpha value is -5.14. The van der Waals surface area contributed by atoms with Crippen molar-refractivity contribution in [3.05, 3.63) is 127 Å². The maximum Gasteiger partial charge on any atom is 0.235 e. The number of aromatic nitrogens is 3. The summed E-state index contributed by atoms with van der Waals surface area (Å²) < 4.78 is 9.79. The smallest absolute Gasteiger partial charge is 0.235 e. The molecule has 214 valence electrons. The highest BCUT2D eigenvalue weighted by Gasteiger charge is 2.23. The Morgan fingerprint density at radius 1 is 0.413 bits per heavy atom. The highest BCUT2D eigenvalue weighted by molar-refractivity contribution is 7.27. The van der Waals surface area contributed by atoms with Crippen LogP contribution in [-0.4, -0.2) is 14.5 Å². The van der Waals surface area contributed by atoms with Crippen LogP contribution >= 0.6 is 34.0 Å². The SMILES string of the molecule is c1ccc2c(c1)sc1c(-c3nc(-n4c5ccccc5c5ccc6c7ccccc7sc6c54)nc4c3sc3ccccc34)cccc12. The van der Waals surface area contributed by atoms with Crippen molar-refractivity contribution in [3.63, 3.8) is 0 Å². The number of hydrogen-bond donors (Lipinski definition) is 0. The van der Waals surface area contributed by atoms with Gasteiger partial charge in [-0.3, -0.25) is 4.57 Å². The van der Waals surface area contributed by atoms with Gasteiger partial charge in [-0.05, 0) is 24.3 Å². The molecule has 0 spiro atoms. The molecule has 0 atom stereocenters. The van der Waals surface area contributed by atoms with Crippen molar-refractivity contribution in [1.29, 1.82) is 0 Å². The first-order chi connectivity index (χ1) is 22.8. The van der Waals surface area contributed by atoms with E-state index in [2.05, 4.69) is 132 Å². The summed E-state index contributed by atoms with van der Waals surface area (Å²) in [6.07, 6.45) is 0. The number of hydrogen-bond acceptors (Lipinski definition) is 5. The van der Waals surface area contributed by atoms with E-state index in [4.69, 9.17) is 9.97 Å². The van der Waals surface area contributed by atoms with E-state index in [9.17, 15) is 0 Å². The minimum Gasteiger partial charge on any atom is -0.276 e. The second-order valence-electron chi connectivity index (χ2n) is 11.7. The van der Waals surface area contributed by atoms with Gasteiger partial charge in [-0.2, -0.15) is 0 Å². The van der Waals surface area contributed by atoms with Crippen LogP contribution in [0.25, 0.3) is 99.7 Å². The summed E-state index contributed by atoms with van der Waals surface area (Å²) in [5.74, 6) is 0.709. The average Bonchev–Trinajstić information content (AvgIpc) is 3.86. The van der Waals surface area contributed by atoms with Crippen molar-refractivity contribution in [2.75, 3.05) is 0 Å². The van der Waals surface area contributed by atoms with Crippen LogP contribution in [0.1, 0.15) is 0 Å². The molecule has 0 fully saturated rings. The van der Waals surface area contributed by atoms with Gasteiger partial charge in [0.15, 0.2) is 0 Å². The third-order valence-corrected chi connectivity index (χ3v) is 12.8. The number of fused-ring (bicyclic) bond motifs is 13. The zero-order valence-corrected chi connectivity index (χ0v) is 26.6. The highest BCUT2D eigenvalue weighted by atomic mass is 32.1. The molecule has 0 amide bonds. The van der Waals surface area contributed by atoms with Crippen LogP contribution in [-0.2, 0) is 0 Å². The van der Waals surface area contributed by atoms with Crippen molar-refractivity contribution >= 4 is 116 Å². The predicted molar refractivity (Wildman–Crippen MR) is 200 cm³/mol. The topological polar surface area (TPSA) is 30.7 Å². The Labute approximate surface area is 274 Å². The number of nitrogens with zero attached hydrogens (tertiary/aromatic N) is 3. The molecule has 6 aromatic carbocycles. The molecule has 0 radical (unpaired) electrons. The third-order valence-electron chi connectivity index (χ3n) is 9.25. The summed E-state index contributed by atoms with van der Waals surface area (Å²) in [5.41, 5.74) is 5.45. The molecule has 0 bridgehead atoms. The Morgan fingerprint density at radius 3 is 1.76 bits per heavy atom. The summed E-state index contributed by atoms with van der Waals surface area (Å²) in [4.78, 5) is 11.0. The van der Waals surface area contributed by atoms with E-state index in [0.29, 0.717) is 5.95 Å². The average molecular weight is 640 g/mol. The molecule has 6 heteroatoms. The monoisotopic (exact) mass is 639 g/mol. The summed E-state index contributed by atoms with van der Waals surface area (Å²) in [5, 5.41) is 8.74. The maximum atomic E-state index is 5.56. The lowest BCUT2D eigenvalue weighted by Crippen LogP contribution is -2.02. The Balaban J connectivity index is 1.33. The third kappa shape index (κ3) is 3.30. The summed E-state index contributed by atoms with van der Waals surface area (Å²) in [7, 11) is 0. The van der Waals surface area contributed by atoms with Crippen LogP contribution in [0, 0.1) is 0 Å².